The number of hydrogen-bond donors (Lipinski definition) is 1. The Bertz CT molecular complexity index is 509. The molecular formula is C14H18Cl2N2O3. The quantitative estimate of drug-likeness (QED) is 0.583. The second kappa shape index (κ2) is 9.00. The third kappa shape index (κ3) is 6.44. The summed E-state index contributed by atoms with van der Waals surface area (Å²) >= 11 is 11.7. The number of carbonyl (C=O) groups is 2. The number of ether oxygens (including phenoxy) is 1. The van der Waals surface area contributed by atoms with Crippen molar-refractivity contribution in [2.75, 3.05) is 40.4 Å². The number of ketones is 1. The van der Waals surface area contributed by atoms with Crippen molar-refractivity contribution < 1.29 is 14.3 Å². The standard InChI is InChI=1S/C14H18Cl2N2O3/c1-18(9-14(20)17-5-6-21-2)8-13(19)10-3-4-11(15)12(16)7-10/h3-4,7H,5-6,8-9H2,1-2H3,(H,17,20). The maximum atomic E-state index is 12.1. The van der Waals surface area contributed by atoms with Crippen molar-refractivity contribution in [3.8, 4) is 0 Å². The number of methoxy groups -OCH3 is 1. The lowest BCUT2D eigenvalue weighted by atomic mass is 10.1. The maximum Gasteiger partial charge on any atom is 0.234 e. The van der Waals surface area contributed by atoms with E-state index in [0.717, 1.165) is 0 Å². The molecule has 0 aliphatic carbocycles. The van der Waals surface area contributed by atoms with Crippen LogP contribution in [0.5, 0.6) is 0 Å². The molecule has 1 N–H and O–H groups in total. The van der Waals surface area contributed by atoms with Crippen LogP contribution in [0.25, 0.3) is 0 Å². The smallest absolute Gasteiger partial charge is 0.234 e. The van der Waals surface area contributed by atoms with Crippen molar-refractivity contribution >= 4 is 34.9 Å². The Morgan fingerprint density at radius 2 is 1.95 bits per heavy atom. The SMILES string of the molecule is COCCNC(=O)CN(C)CC(=O)c1ccc(Cl)c(Cl)c1. The molecule has 0 heterocycles. The Balaban J connectivity index is 2.46. The minimum Gasteiger partial charge on any atom is -0.383 e. The summed E-state index contributed by atoms with van der Waals surface area (Å²) in [7, 11) is 3.26. The number of hydrogen-bond acceptors (Lipinski definition) is 4. The predicted molar refractivity (Wildman–Crippen MR) is 83.2 cm³/mol. The van der Waals surface area contributed by atoms with E-state index in [2.05, 4.69) is 5.32 Å². The van der Waals surface area contributed by atoms with Crippen molar-refractivity contribution in [3.63, 3.8) is 0 Å². The lowest BCUT2D eigenvalue weighted by molar-refractivity contribution is -0.122. The molecule has 1 aromatic rings. The minimum absolute atomic E-state index is 0.121. The van der Waals surface area contributed by atoms with Crippen molar-refractivity contribution in [1.82, 2.24) is 10.2 Å². The number of rotatable bonds is 8. The molecule has 0 fully saturated rings. The fourth-order valence-electron chi connectivity index (χ4n) is 1.66. The van der Waals surface area contributed by atoms with Crippen LogP contribution in [0.2, 0.25) is 10.0 Å². The molecule has 0 aliphatic rings. The fraction of sp³-hybridized carbons (Fsp3) is 0.429. The lowest BCUT2D eigenvalue weighted by Crippen LogP contribution is -2.38. The summed E-state index contributed by atoms with van der Waals surface area (Å²) in [5, 5.41) is 3.43. The molecule has 21 heavy (non-hydrogen) atoms. The monoisotopic (exact) mass is 332 g/mol. The largest absolute Gasteiger partial charge is 0.383 e. The van der Waals surface area contributed by atoms with E-state index in [4.69, 9.17) is 27.9 Å². The highest BCUT2D eigenvalue weighted by Crippen LogP contribution is 2.22. The molecule has 0 unspecified atom stereocenters. The zero-order valence-corrected chi connectivity index (χ0v) is 13.5. The third-order valence-corrected chi connectivity index (χ3v) is 3.44. The van der Waals surface area contributed by atoms with Gasteiger partial charge in [-0.25, -0.2) is 0 Å². The Hall–Kier alpha value is -1.14. The van der Waals surface area contributed by atoms with Gasteiger partial charge in [-0.15, -0.1) is 0 Å². The zero-order valence-electron chi connectivity index (χ0n) is 12.0. The van der Waals surface area contributed by atoms with Gasteiger partial charge < -0.3 is 10.1 Å². The van der Waals surface area contributed by atoms with Gasteiger partial charge in [0, 0.05) is 19.2 Å². The molecule has 0 aliphatic heterocycles. The molecule has 116 valence electrons. The van der Waals surface area contributed by atoms with E-state index < -0.39 is 0 Å². The molecule has 1 aromatic carbocycles. The van der Waals surface area contributed by atoms with Gasteiger partial charge in [0.2, 0.25) is 5.91 Å². The molecule has 0 spiro atoms. The number of benzene rings is 1. The maximum absolute atomic E-state index is 12.1. The number of nitrogens with zero attached hydrogens (tertiary/aromatic N) is 1. The fourth-order valence-corrected chi connectivity index (χ4v) is 1.95. The highest BCUT2D eigenvalue weighted by Gasteiger charge is 2.13. The van der Waals surface area contributed by atoms with Gasteiger partial charge in [0.1, 0.15) is 0 Å². The molecule has 0 saturated carbocycles. The molecule has 1 rings (SSSR count). The molecule has 0 aromatic heterocycles. The highest BCUT2D eigenvalue weighted by atomic mass is 35.5. The van der Waals surface area contributed by atoms with Gasteiger partial charge in [0.25, 0.3) is 0 Å². The zero-order chi connectivity index (χ0) is 15.8. The lowest BCUT2D eigenvalue weighted by Gasteiger charge is -2.15. The summed E-state index contributed by atoms with van der Waals surface area (Å²) in [6.45, 7) is 1.16. The number of carbonyl (C=O) groups excluding carboxylic acids is 2. The first-order valence-corrected chi connectivity index (χ1v) is 7.12. The topological polar surface area (TPSA) is 58.6 Å². The summed E-state index contributed by atoms with van der Waals surface area (Å²) in [5.41, 5.74) is 0.469. The molecule has 1 amide bonds. The second-order valence-electron chi connectivity index (χ2n) is 4.57. The molecule has 0 saturated heterocycles. The van der Waals surface area contributed by atoms with E-state index in [1.807, 2.05) is 0 Å². The Labute approximate surface area is 134 Å². The predicted octanol–water partition coefficient (Wildman–Crippen LogP) is 1.87. The molecule has 7 heteroatoms. The summed E-state index contributed by atoms with van der Waals surface area (Å²) in [6, 6.07) is 4.72. The number of halogens is 2. The summed E-state index contributed by atoms with van der Waals surface area (Å²) in [6.07, 6.45) is 0. The Morgan fingerprint density at radius 3 is 2.57 bits per heavy atom. The van der Waals surface area contributed by atoms with Crippen LogP contribution in [0, 0.1) is 0 Å². The van der Waals surface area contributed by atoms with Gasteiger partial charge >= 0.3 is 0 Å². The van der Waals surface area contributed by atoms with Gasteiger partial charge in [-0.1, -0.05) is 23.2 Å². The van der Waals surface area contributed by atoms with Gasteiger partial charge in [-0.2, -0.15) is 0 Å². The third-order valence-electron chi connectivity index (χ3n) is 2.70. The van der Waals surface area contributed by atoms with E-state index in [1.165, 1.54) is 6.07 Å². The van der Waals surface area contributed by atoms with Crippen molar-refractivity contribution in [1.29, 1.82) is 0 Å². The second-order valence-corrected chi connectivity index (χ2v) is 5.38. The molecular weight excluding hydrogens is 315 g/mol. The van der Waals surface area contributed by atoms with E-state index >= 15 is 0 Å². The Morgan fingerprint density at radius 1 is 1.24 bits per heavy atom. The summed E-state index contributed by atoms with van der Waals surface area (Å²) in [5.74, 6) is -0.280. The van der Waals surface area contributed by atoms with Crippen molar-refractivity contribution in [2.45, 2.75) is 0 Å². The van der Waals surface area contributed by atoms with Crippen LogP contribution < -0.4 is 5.32 Å². The number of likely N-dealkylation sites (N-methyl/N-ethyl adjacent to an activating group) is 1. The van der Waals surface area contributed by atoms with Gasteiger partial charge in [0.05, 0.1) is 29.7 Å². The number of amides is 1. The first kappa shape index (κ1) is 17.9. The van der Waals surface area contributed by atoms with Gasteiger partial charge in [-0.05, 0) is 25.2 Å². The summed E-state index contributed by atoms with van der Waals surface area (Å²) in [4.78, 5) is 25.3. The summed E-state index contributed by atoms with van der Waals surface area (Å²) < 4.78 is 4.83. The first-order chi connectivity index (χ1) is 9.93. The normalized spacial score (nSPS) is 10.7. The van der Waals surface area contributed by atoms with E-state index in [-0.39, 0.29) is 24.8 Å². The molecule has 5 nitrogen and oxygen atoms in total. The van der Waals surface area contributed by atoms with Gasteiger partial charge in [-0.3, -0.25) is 14.5 Å². The van der Waals surface area contributed by atoms with Crippen molar-refractivity contribution in [2.24, 2.45) is 0 Å². The van der Waals surface area contributed by atoms with E-state index in [9.17, 15) is 9.59 Å². The average molecular weight is 333 g/mol. The van der Waals surface area contributed by atoms with E-state index in [1.54, 1.807) is 31.2 Å². The van der Waals surface area contributed by atoms with E-state index in [0.29, 0.717) is 28.8 Å². The van der Waals surface area contributed by atoms with Crippen LogP contribution >= 0.6 is 23.2 Å². The molecule has 0 atom stereocenters. The van der Waals surface area contributed by atoms with Crippen LogP contribution in [0.4, 0.5) is 0 Å². The van der Waals surface area contributed by atoms with Crippen LogP contribution in [-0.4, -0.2) is 57.0 Å². The highest BCUT2D eigenvalue weighted by molar-refractivity contribution is 6.42. The van der Waals surface area contributed by atoms with Crippen LogP contribution in [0.15, 0.2) is 18.2 Å². The minimum atomic E-state index is -0.156. The average Bonchev–Trinajstić information content (AvgIpc) is 2.41. The van der Waals surface area contributed by atoms with Crippen LogP contribution in [-0.2, 0) is 9.53 Å². The van der Waals surface area contributed by atoms with Crippen molar-refractivity contribution in [3.05, 3.63) is 33.8 Å². The number of Topliss-reactive ketones (excluding diaryl/α,β-unsaturated/α-hetero) is 1. The molecule has 0 radical (unpaired) electrons. The van der Waals surface area contributed by atoms with Crippen LogP contribution in [0.1, 0.15) is 10.4 Å². The van der Waals surface area contributed by atoms with Crippen LogP contribution in [0.3, 0.4) is 0 Å². The first-order valence-electron chi connectivity index (χ1n) is 6.36. The molecule has 0 bridgehead atoms. The van der Waals surface area contributed by atoms with Gasteiger partial charge in [0.15, 0.2) is 5.78 Å². The number of nitrogens with one attached hydrogen (secondary N) is 1. The Kier molecular flexibility index (Phi) is 7.67.